The van der Waals surface area contributed by atoms with Crippen molar-refractivity contribution >= 4 is 10.0 Å². The van der Waals surface area contributed by atoms with E-state index in [4.69, 9.17) is 0 Å². The molecular weight excluding hydrogens is 262 g/mol. The zero-order valence-electron chi connectivity index (χ0n) is 12.7. The highest BCUT2D eigenvalue weighted by Gasteiger charge is 2.26. The van der Waals surface area contributed by atoms with Crippen molar-refractivity contribution < 1.29 is 8.42 Å². The number of nitrogens with one attached hydrogen (secondary N) is 1. The topological polar surface area (TPSA) is 52.6 Å². The number of piperazine rings is 1. The highest BCUT2D eigenvalue weighted by Crippen LogP contribution is 2.12. The Kier molecular flexibility index (Phi) is 6.73. The molecule has 1 fully saturated rings. The lowest BCUT2D eigenvalue weighted by Gasteiger charge is -2.37. The van der Waals surface area contributed by atoms with Crippen LogP contribution < -0.4 is 5.32 Å². The van der Waals surface area contributed by atoms with Gasteiger partial charge in [-0.2, -0.15) is 4.31 Å². The highest BCUT2D eigenvalue weighted by molar-refractivity contribution is 7.88. The van der Waals surface area contributed by atoms with Crippen molar-refractivity contribution in [3.05, 3.63) is 0 Å². The molecule has 0 aliphatic carbocycles. The molecule has 0 aromatic rings. The van der Waals surface area contributed by atoms with E-state index in [1.807, 2.05) is 0 Å². The van der Waals surface area contributed by atoms with Crippen molar-refractivity contribution in [2.24, 2.45) is 0 Å². The standard InChI is InChI=1S/C13H29N3O2S/c1-5-6-14-12(2)11-13(3)15-7-9-16(10-8-15)19(4,17)18/h12-14H,5-11H2,1-4H3. The van der Waals surface area contributed by atoms with Crippen LogP contribution in [0, 0.1) is 0 Å². The van der Waals surface area contributed by atoms with E-state index in [9.17, 15) is 8.42 Å². The monoisotopic (exact) mass is 291 g/mol. The van der Waals surface area contributed by atoms with Crippen LogP contribution in [0.25, 0.3) is 0 Å². The third-order valence-corrected chi connectivity index (χ3v) is 5.11. The second-order valence-electron chi connectivity index (χ2n) is 5.64. The summed E-state index contributed by atoms with van der Waals surface area (Å²) in [6.45, 7) is 10.6. The molecule has 0 spiro atoms. The lowest BCUT2D eigenvalue weighted by Crippen LogP contribution is -2.52. The van der Waals surface area contributed by atoms with Gasteiger partial charge in [-0.05, 0) is 33.2 Å². The maximum Gasteiger partial charge on any atom is 0.211 e. The van der Waals surface area contributed by atoms with E-state index in [-0.39, 0.29) is 0 Å². The molecule has 0 amide bonds. The van der Waals surface area contributed by atoms with Crippen LogP contribution in [-0.4, -0.2) is 68.7 Å². The predicted molar refractivity (Wildman–Crippen MR) is 79.8 cm³/mol. The Morgan fingerprint density at radius 3 is 2.21 bits per heavy atom. The molecule has 2 unspecified atom stereocenters. The summed E-state index contributed by atoms with van der Waals surface area (Å²) in [5, 5.41) is 3.50. The van der Waals surface area contributed by atoms with Crippen LogP contribution in [0.3, 0.4) is 0 Å². The molecule has 1 rings (SSSR count). The molecular formula is C13H29N3O2S. The first-order valence-electron chi connectivity index (χ1n) is 7.27. The molecule has 1 aliphatic heterocycles. The number of sulfonamides is 1. The summed E-state index contributed by atoms with van der Waals surface area (Å²) in [5.74, 6) is 0. The molecule has 0 aromatic carbocycles. The van der Waals surface area contributed by atoms with Gasteiger partial charge in [0, 0.05) is 38.3 Å². The zero-order chi connectivity index (χ0) is 14.5. The van der Waals surface area contributed by atoms with Crippen LogP contribution in [0.4, 0.5) is 0 Å². The SMILES string of the molecule is CCCNC(C)CC(C)N1CCN(S(C)(=O)=O)CC1. The van der Waals surface area contributed by atoms with Gasteiger partial charge in [0.05, 0.1) is 6.26 Å². The quantitative estimate of drug-likeness (QED) is 0.751. The molecule has 6 heteroatoms. The number of hydrogen-bond acceptors (Lipinski definition) is 4. The van der Waals surface area contributed by atoms with Crippen molar-refractivity contribution in [2.75, 3.05) is 39.0 Å². The molecule has 114 valence electrons. The van der Waals surface area contributed by atoms with Gasteiger partial charge in [0.1, 0.15) is 0 Å². The van der Waals surface area contributed by atoms with E-state index >= 15 is 0 Å². The summed E-state index contributed by atoms with van der Waals surface area (Å²) in [6.07, 6.45) is 3.56. The first kappa shape index (κ1) is 16.9. The molecule has 1 heterocycles. The number of rotatable bonds is 7. The van der Waals surface area contributed by atoms with Gasteiger partial charge in [0.2, 0.25) is 10.0 Å². The second-order valence-corrected chi connectivity index (χ2v) is 7.62. The minimum absolute atomic E-state index is 0.501. The molecule has 0 saturated carbocycles. The Morgan fingerprint density at radius 2 is 1.74 bits per heavy atom. The maximum atomic E-state index is 11.5. The number of hydrogen-bond donors (Lipinski definition) is 1. The zero-order valence-corrected chi connectivity index (χ0v) is 13.5. The fraction of sp³-hybridized carbons (Fsp3) is 1.00. The summed E-state index contributed by atoms with van der Waals surface area (Å²) in [6, 6.07) is 1.02. The smallest absolute Gasteiger partial charge is 0.211 e. The summed E-state index contributed by atoms with van der Waals surface area (Å²) in [7, 11) is -3.02. The summed E-state index contributed by atoms with van der Waals surface area (Å²) in [5.41, 5.74) is 0. The highest BCUT2D eigenvalue weighted by atomic mass is 32.2. The lowest BCUT2D eigenvalue weighted by molar-refractivity contribution is 0.134. The van der Waals surface area contributed by atoms with Gasteiger partial charge in [0.15, 0.2) is 0 Å². The molecule has 2 atom stereocenters. The van der Waals surface area contributed by atoms with Crippen molar-refractivity contribution in [1.29, 1.82) is 0 Å². The van der Waals surface area contributed by atoms with Crippen molar-refractivity contribution in [3.8, 4) is 0 Å². The van der Waals surface area contributed by atoms with Crippen LogP contribution in [0.5, 0.6) is 0 Å². The second kappa shape index (κ2) is 7.57. The third-order valence-electron chi connectivity index (χ3n) is 3.80. The van der Waals surface area contributed by atoms with E-state index in [2.05, 4.69) is 31.0 Å². The molecule has 0 bridgehead atoms. The molecule has 5 nitrogen and oxygen atoms in total. The largest absolute Gasteiger partial charge is 0.314 e. The fourth-order valence-corrected chi connectivity index (χ4v) is 3.44. The predicted octanol–water partition coefficient (Wildman–Crippen LogP) is 0.730. The minimum atomic E-state index is -3.02. The molecule has 0 radical (unpaired) electrons. The first-order chi connectivity index (χ1) is 8.84. The summed E-state index contributed by atoms with van der Waals surface area (Å²) < 4.78 is 24.5. The average molecular weight is 291 g/mol. The van der Waals surface area contributed by atoms with Crippen molar-refractivity contribution in [2.45, 2.75) is 45.7 Å². The van der Waals surface area contributed by atoms with Gasteiger partial charge in [0.25, 0.3) is 0 Å². The lowest BCUT2D eigenvalue weighted by atomic mass is 10.1. The first-order valence-corrected chi connectivity index (χ1v) is 9.12. The van der Waals surface area contributed by atoms with Gasteiger partial charge >= 0.3 is 0 Å². The van der Waals surface area contributed by atoms with E-state index in [0.29, 0.717) is 25.2 Å². The van der Waals surface area contributed by atoms with E-state index in [1.54, 1.807) is 4.31 Å². The normalized spacial score (nSPS) is 22.3. The minimum Gasteiger partial charge on any atom is -0.314 e. The Morgan fingerprint density at radius 1 is 1.16 bits per heavy atom. The molecule has 0 aromatic heterocycles. The van der Waals surface area contributed by atoms with Crippen LogP contribution in [-0.2, 0) is 10.0 Å². The Bertz CT molecular complexity index is 351. The molecule has 19 heavy (non-hydrogen) atoms. The summed E-state index contributed by atoms with van der Waals surface area (Å²) in [4.78, 5) is 2.39. The van der Waals surface area contributed by atoms with E-state index in [0.717, 1.165) is 32.5 Å². The van der Waals surface area contributed by atoms with E-state index in [1.165, 1.54) is 6.26 Å². The van der Waals surface area contributed by atoms with Crippen LogP contribution in [0.1, 0.15) is 33.6 Å². The Labute approximate surface area is 118 Å². The van der Waals surface area contributed by atoms with Crippen LogP contribution >= 0.6 is 0 Å². The van der Waals surface area contributed by atoms with Crippen molar-refractivity contribution in [1.82, 2.24) is 14.5 Å². The maximum absolute atomic E-state index is 11.5. The van der Waals surface area contributed by atoms with Crippen LogP contribution in [0.15, 0.2) is 0 Å². The van der Waals surface area contributed by atoms with Crippen LogP contribution in [0.2, 0.25) is 0 Å². The number of nitrogens with zero attached hydrogens (tertiary/aromatic N) is 2. The van der Waals surface area contributed by atoms with Gasteiger partial charge in [-0.25, -0.2) is 8.42 Å². The van der Waals surface area contributed by atoms with Gasteiger partial charge < -0.3 is 5.32 Å². The molecule has 1 N–H and O–H groups in total. The van der Waals surface area contributed by atoms with Crippen molar-refractivity contribution in [3.63, 3.8) is 0 Å². The van der Waals surface area contributed by atoms with Gasteiger partial charge in [-0.15, -0.1) is 0 Å². The third kappa shape index (κ3) is 5.77. The Balaban J connectivity index is 2.34. The van der Waals surface area contributed by atoms with E-state index < -0.39 is 10.0 Å². The summed E-state index contributed by atoms with van der Waals surface area (Å²) >= 11 is 0. The molecule has 1 aliphatic rings. The average Bonchev–Trinajstić information content (AvgIpc) is 2.35. The van der Waals surface area contributed by atoms with Gasteiger partial charge in [-0.3, -0.25) is 4.90 Å². The Hall–Kier alpha value is -0.170. The van der Waals surface area contributed by atoms with Gasteiger partial charge in [-0.1, -0.05) is 6.92 Å². The molecule has 1 saturated heterocycles. The fourth-order valence-electron chi connectivity index (χ4n) is 2.61.